The number of ether oxygens (including phenoxy) is 4. The van der Waals surface area contributed by atoms with Gasteiger partial charge in [-0.15, -0.1) is 11.3 Å². The Morgan fingerprint density at radius 2 is 1.50 bits per heavy atom. The number of aryl methyl sites for hydroxylation is 1. The number of imide groups is 2. The maximum Gasteiger partial charge on any atom is 0.262 e. The number of hydrogen-bond acceptors (Lipinski definition) is 10. The predicted octanol–water partition coefficient (Wildman–Crippen LogP) is 7.66. The van der Waals surface area contributed by atoms with Crippen molar-refractivity contribution in [2.75, 3.05) is 33.0 Å². The first-order valence-corrected chi connectivity index (χ1v) is 19.3. The van der Waals surface area contributed by atoms with Gasteiger partial charge in [0.15, 0.2) is 5.75 Å². The van der Waals surface area contributed by atoms with Gasteiger partial charge in [-0.25, -0.2) is 0 Å². The van der Waals surface area contributed by atoms with Crippen LogP contribution in [0.2, 0.25) is 0 Å². The second-order valence-electron chi connectivity index (χ2n) is 12.9. The minimum absolute atomic E-state index is 0.0875. The standard InChI is InChI=1S/C41H37BrN2O9S/c42-27-7-5-26(6-8-27)38-37(32-15-9-28(45)24-35(32)54-38)53-30-12-10-29(11-13-30)52-22-21-51-20-19-50-18-2-1-3-25-4-14-31-33(23-25)41(49)44(40(31)48)34-16-17-36(46)43-39(34)47/h4-15,23-24,34,45H,1-3,16-22H2,(H,43,46,47). The molecule has 2 aliphatic heterocycles. The van der Waals surface area contributed by atoms with Gasteiger partial charge in [-0.05, 0) is 104 Å². The van der Waals surface area contributed by atoms with E-state index < -0.39 is 29.7 Å². The van der Waals surface area contributed by atoms with E-state index in [0.717, 1.165) is 54.1 Å². The molecule has 0 bridgehead atoms. The average Bonchev–Trinajstić information content (AvgIpc) is 3.63. The summed E-state index contributed by atoms with van der Waals surface area (Å²) in [6, 6.07) is 25.0. The van der Waals surface area contributed by atoms with Gasteiger partial charge in [0.2, 0.25) is 11.8 Å². The first kappa shape index (κ1) is 37.2. The molecule has 1 fully saturated rings. The molecule has 4 aromatic carbocycles. The third kappa shape index (κ3) is 8.49. The fourth-order valence-electron chi connectivity index (χ4n) is 6.42. The zero-order valence-corrected chi connectivity index (χ0v) is 31.6. The first-order valence-electron chi connectivity index (χ1n) is 17.7. The lowest BCUT2D eigenvalue weighted by molar-refractivity contribution is -0.136. The number of aromatic hydroxyl groups is 1. The highest BCUT2D eigenvalue weighted by Crippen LogP contribution is 2.47. The van der Waals surface area contributed by atoms with Crippen LogP contribution in [0.5, 0.6) is 23.0 Å². The monoisotopic (exact) mass is 812 g/mol. The SMILES string of the molecule is O=C1CCC(N2C(=O)c3ccc(CCCCOCCOCCOc4ccc(Oc5c(-c6ccc(Br)cc6)sc6cc(O)ccc56)cc4)cc3C2=O)C(=O)N1. The van der Waals surface area contributed by atoms with Crippen LogP contribution in [-0.4, -0.2) is 72.7 Å². The number of amides is 4. The van der Waals surface area contributed by atoms with E-state index in [-0.39, 0.29) is 24.2 Å². The van der Waals surface area contributed by atoms with Crippen LogP contribution in [0.25, 0.3) is 20.5 Å². The van der Waals surface area contributed by atoms with Crippen molar-refractivity contribution in [1.29, 1.82) is 0 Å². The fourth-order valence-corrected chi connectivity index (χ4v) is 7.86. The Kier molecular flexibility index (Phi) is 11.7. The zero-order valence-electron chi connectivity index (χ0n) is 29.2. The molecule has 5 aromatic rings. The van der Waals surface area contributed by atoms with Crippen LogP contribution >= 0.6 is 27.3 Å². The number of phenolic OH excluding ortho intramolecular Hbond substituents is 1. The molecule has 13 heteroatoms. The number of thiophene rings is 1. The highest BCUT2D eigenvalue weighted by atomic mass is 79.9. The lowest BCUT2D eigenvalue weighted by Gasteiger charge is -2.27. The van der Waals surface area contributed by atoms with Gasteiger partial charge in [0, 0.05) is 27.6 Å². The number of fused-ring (bicyclic) bond motifs is 2. The van der Waals surface area contributed by atoms with Gasteiger partial charge in [0.25, 0.3) is 11.8 Å². The van der Waals surface area contributed by atoms with Crippen LogP contribution in [0.3, 0.4) is 0 Å². The first-order chi connectivity index (χ1) is 26.2. The number of nitrogens with zero attached hydrogens (tertiary/aromatic N) is 1. The van der Waals surface area contributed by atoms with E-state index in [1.54, 1.807) is 35.6 Å². The second-order valence-corrected chi connectivity index (χ2v) is 14.8. The van der Waals surface area contributed by atoms with E-state index in [2.05, 4.69) is 21.2 Å². The zero-order chi connectivity index (χ0) is 37.6. The third-order valence-electron chi connectivity index (χ3n) is 9.15. The molecule has 0 spiro atoms. The fraction of sp³-hybridized carbons (Fsp3) is 0.268. The Balaban J connectivity index is 0.785. The van der Waals surface area contributed by atoms with Gasteiger partial charge in [-0.2, -0.15) is 0 Å². The number of piperidine rings is 1. The van der Waals surface area contributed by atoms with E-state index >= 15 is 0 Å². The van der Waals surface area contributed by atoms with Gasteiger partial charge < -0.3 is 24.1 Å². The summed E-state index contributed by atoms with van der Waals surface area (Å²) in [5, 5.41) is 13.2. The highest BCUT2D eigenvalue weighted by molar-refractivity contribution is 9.10. The van der Waals surface area contributed by atoms with Crippen molar-refractivity contribution in [2.24, 2.45) is 0 Å². The molecule has 2 aliphatic rings. The van der Waals surface area contributed by atoms with E-state index in [1.165, 1.54) is 0 Å². The molecule has 278 valence electrons. The number of carbonyl (C=O) groups excluding carboxylic acids is 4. The third-order valence-corrected chi connectivity index (χ3v) is 10.9. The maximum atomic E-state index is 13.0. The molecule has 1 atom stereocenters. The van der Waals surface area contributed by atoms with Crippen molar-refractivity contribution < 1.29 is 43.2 Å². The van der Waals surface area contributed by atoms with Gasteiger partial charge in [0.1, 0.15) is 29.9 Å². The topological polar surface area (TPSA) is 141 Å². The van der Waals surface area contributed by atoms with Crippen LogP contribution in [-0.2, 0) is 25.5 Å². The van der Waals surface area contributed by atoms with Crippen LogP contribution < -0.4 is 14.8 Å². The molecule has 4 amide bonds. The van der Waals surface area contributed by atoms with Gasteiger partial charge >= 0.3 is 0 Å². The van der Waals surface area contributed by atoms with Crippen molar-refractivity contribution in [3.63, 3.8) is 0 Å². The highest BCUT2D eigenvalue weighted by Gasteiger charge is 2.44. The summed E-state index contributed by atoms with van der Waals surface area (Å²) in [5.41, 5.74) is 2.52. The molecule has 1 unspecified atom stereocenters. The number of carbonyl (C=O) groups is 4. The van der Waals surface area contributed by atoms with Crippen LogP contribution in [0.15, 0.2) is 89.4 Å². The number of halogens is 1. The lowest BCUT2D eigenvalue weighted by atomic mass is 10.0. The Morgan fingerprint density at radius 3 is 2.28 bits per heavy atom. The van der Waals surface area contributed by atoms with E-state index in [0.29, 0.717) is 56.5 Å². The molecule has 1 aromatic heterocycles. The summed E-state index contributed by atoms with van der Waals surface area (Å²) in [7, 11) is 0. The van der Waals surface area contributed by atoms with Crippen molar-refractivity contribution in [1.82, 2.24) is 10.2 Å². The van der Waals surface area contributed by atoms with Crippen LogP contribution in [0.1, 0.15) is 52.0 Å². The number of unbranched alkanes of at least 4 members (excludes halogenated alkanes) is 1. The molecular formula is C41H37BrN2O9S. The Labute approximate surface area is 323 Å². The molecule has 2 N–H and O–H groups in total. The summed E-state index contributed by atoms with van der Waals surface area (Å²) in [6.45, 7) is 2.25. The molecule has 1 saturated heterocycles. The quantitative estimate of drug-likeness (QED) is 0.0759. The number of phenols is 1. The summed E-state index contributed by atoms with van der Waals surface area (Å²) in [6.07, 6.45) is 2.57. The minimum atomic E-state index is -0.971. The van der Waals surface area contributed by atoms with Crippen molar-refractivity contribution in [3.8, 4) is 33.4 Å². The summed E-state index contributed by atoms with van der Waals surface area (Å²) in [5.74, 6) is 0.288. The molecule has 11 nitrogen and oxygen atoms in total. The van der Waals surface area contributed by atoms with E-state index in [9.17, 15) is 24.3 Å². The average molecular weight is 814 g/mol. The van der Waals surface area contributed by atoms with Gasteiger partial charge in [-0.3, -0.25) is 29.4 Å². The number of rotatable bonds is 16. The van der Waals surface area contributed by atoms with Crippen molar-refractivity contribution >= 4 is 61.0 Å². The summed E-state index contributed by atoms with van der Waals surface area (Å²) in [4.78, 5) is 51.7. The maximum absolute atomic E-state index is 13.0. The Hall–Kier alpha value is -5.08. The molecule has 0 aliphatic carbocycles. The number of nitrogens with one attached hydrogen (secondary N) is 1. The second kappa shape index (κ2) is 16.9. The van der Waals surface area contributed by atoms with Crippen molar-refractivity contribution in [3.05, 3.63) is 106 Å². The van der Waals surface area contributed by atoms with Crippen LogP contribution in [0, 0.1) is 0 Å². The predicted molar refractivity (Wildman–Crippen MR) is 206 cm³/mol. The smallest absolute Gasteiger partial charge is 0.262 e. The summed E-state index contributed by atoms with van der Waals surface area (Å²) < 4.78 is 25.5. The van der Waals surface area contributed by atoms with E-state index in [4.69, 9.17) is 18.9 Å². The largest absolute Gasteiger partial charge is 0.508 e. The Morgan fingerprint density at radius 1 is 0.778 bits per heavy atom. The molecule has 54 heavy (non-hydrogen) atoms. The van der Waals surface area contributed by atoms with Gasteiger partial charge in [0.05, 0.1) is 35.8 Å². The molecule has 0 saturated carbocycles. The van der Waals surface area contributed by atoms with E-state index in [1.807, 2.05) is 60.7 Å². The number of benzene rings is 4. The normalized spacial score (nSPS) is 15.5. The minimum Gasteiger partial charge on any atom is -0.508 e. The Bertz CT molecular complexity index is 2190. The number of hydrogen-bond donors (Lipinski definition) is 2. The summed E-state index contributed by atoms with van der Waals surface area (Å²) >= 11 is 5.06. The molecular weight excluding hydrogens is 776 g/mol. The van der Waals surface area contributed by atoms with Crippen LogP contribution in [0.4, 0.5) is 0 Å². The molecule has 7 rings (SSSR count). The van der Waals surface area contributed by atoms with Crippen molar-refractivity contribution in [2.45, 2.75) is 38.1 Å². The lowest BCUT2D eigenvalue weighted by Crippen LogP contribution is -2.54. The molecule has 3 heterocycles. The molecule has 0 radical (unpaired) electrons. The van der Waals surface area contributed by atoms with Gasteiger partial charge in [-0.1, -0.05) is 34.1 Å².